The van der Waals surface area contributed by atoms with E-state index in [2.05, 4.69) is 69.5 Å². The Balaban J connectivity index is 1.51. The zero-order chi connectivity index (χ0) is 21.4. The quantitative estimate of drug-likeness (QED) is 0.534. The van der Waals surface area contributed by atoms with Gasteiger partial charge in [-0.1, -0.05) is 30.4 Å². The fraction of sp³-hybridized carbons (Fsp3) is 0.393. The SMILES string of the molecule is C=C(c1cc(/C(C)=C(\C)CC2CC2)c(C)cc1C)N1CC(c2ccc(C#N)cc2)C1. The lowest BCUT2D eigenvalue weighted by Gasteiger charge is -2.43. The van der Waals surface area contributed by atoms with Gasteiger partial charge in [-0.15, -0.1) is 0 Å². The maximum atomic E-state index is 8.99. The fourth-order valence-electron chi connectivity index (χ4n) is 4.62. The van der Waals surface area contributed by atoms with Gasteiger partial charge >= 0.3 is 0 Å². The van der Waals surface area contributed by atoms with E-state index in [0.717, 1.165) is 30.3 Å². The van der Waals surface area contributed by atoms with Crippen LogP contribution in [0.15, 0.2) is 48.6 Å². The van der Waals surface area contributed by atoms with Gasteiger partial charge < -0.3 is 4.90 Å². The molecule has 2 aromatic rings. The third-order valence-electron chi connectivity index (χ3n) is 6.99. The van der Waals surface area contributed by atoms with Crippen molar-refractivity contribution in [2.24, 2.45) is 5.92 Å². The molecule has 2 aromatic carbocycles. The van der Waals surface area contributed by atoms with E-state index >= 15 is 0 Å². The van der Waals surface area contributed by atoms with Gasteiger partial charge in [0.15, 0.2) is 0 Å². The van der Waals surface area contributed by atoms with Crippen LogP contribution in [0.5, 0.6) is 0 Å². The summed E-state index contributed by atoms with van der Waals surface area (Å²) in [7, 11) is 0. The summed E-state index contributed by atoms with van der Waals surface area (Å²) < 4.78 is 0. The van der Waals surface area contributed by atoms with Gasteiger partial charge in [-0.2, -0.15) is 5.26 Å². The molecule has 0 N–H and O–H groups in total. The molecular weight excluding hydrogens is 364 g/mol. The molecule has 0 atom stereocenters. The van der Waals surface area contributed by atoms with Gasteiger partial charge in [-0.3, -0.25) is 0 Å². The van der Waals surface area contributed by atoms with Crippen LogP contribution in [0.4, 0.5) is 0 Å². The topological polar surface area (TPSA) is 27.0 Å². The lowest BCUT2D eigenvalue weighted by molar-refractivity contribution is 0.237. The minimum Gasteiger partial charge on any atom is -0.370 e. The predicted molar refractivity (Wildman–Crippen MR) is 126 cm³/mol. The third kappa shape index (κ3) is 4.08. The number of likely N-dealkylation sites (tertiary alicyclic amines) is 1. The first-order chi connectivity index (χ1) is 14.4. The first kappa shape index (κ1) is 20.5. The maximum Gasteiger partial charge on any atom is 0.0991 e. The first-order valence-electron chi connectivity index (χ1n) is 11.1. The second-order valence-electron chi connectivity index (χ2n) is 9.32. The van der Waals surface area contributed by atoms with Gasteiger partial charge in [-0.25, -0.2) is 0 Å². The van der Waals surface area contributed by atoms with E-state index in [4.69, 9.17) is 5.26 Å². The van der Waals surface area contributed by atoms with Crippen molar-refractivity contribution in [3.63, 3.8) is 0 Å². The highest BCUT2D eigenvalue weighted by Crippen LogP contribution is 2.39. The summed E-state index contributed by atoms with van der Waals surface area (Å²) in [5.74, 6) is 1.43. The van der Waals surface area contributed by atoms with E-state index in [9.17, 15) is 0 Å². The van der Waals surface area contributed by atoms with Gasteiger partial charge in [0, 0.05) is 30.3 Å². The molecule has 0 bridgehead atoms. The van der Waals surface area contributed by atoms with Crippen molar-refractivity contribution in [1.82, 2.24) is 4.90 Å². The highest BCUT2D eigenvalue weighted by molar-refractivity contribution is 5.75. The van der Waals surface area contributed by atoms with Crippen molar-refractivity contribution in [1.29, 1.82) is 5.26 Å². The molecule has 30 heavy (non-hydrogen) atoms. The van der Waals surface area contributed by atoms with Crippen molar-refractivity contribution >= 4 is 11.3 Å². The molecule has 0 aromatic heterocycles. The molecule has 0 spiro atoms. The number of nitriles is 1. The van der Waals surface area contributed by atoms with Crippen LogP contribution >= 0.6 is 0 Å². The van der Waals surface area contributed by atoms with Crippen molar-refractivity contribution in [3.8, 4) is 6.07 Å². The number of allylic oxidation sites excluding steroid dienone is 2. The molecule has 2 nitrogen and oxygen atoms in total. The Hall–Kier alpha value is -2.79. The zero-order valence-electron chi connectivity index (χ0n) is 18.8. The number of nitrogens with zero attached hydrogens (tertiary/aromatic N) is 2. The monoisotopic (exact) mass is 396 g/mol. The summed E-state index contributed by atoms with van der Waals surface area (Å²) in [6.07, 6.45) is 4.04. The number of hydrogen-bond acceptors (Lipinski definition) is 2. The van der Waals surface area contributed by atoms with Gasteiger partial charge in [0.05, 0.1) is 11.6 Å². The molecule has 154 valence electrons. The summed E-state index contributed by atoms with van der Waals surface area (Å²) >= 11 is 0. The van der Waals surface area contributed by atoms with Crippen LogP contribution in [0, 0.1) is 31.1 Å². The van der Waals surface area contributed by atoms with E-state index in [0.29, 0.717) is 5.92 Å². The molecule has 1 saturated carbocycles. The Morgan fingerprint density at radius 2 is 1.67 bits per heavy atom. The molecule has 1 aliphatic heterocycles. The van der Waals surface area contributed by atoms with Crippen LogP contribution in [0.25, 0.3) is 11.3 Å². The molecule has 1 saturated heterocycles. The minimum atomic E-state index is 0.516. The Labute approximate surface area is 181 Å². The molecule has 2 fully saturated rings. The van der Waals surface area contributed by atoms with Crippen LogP contribution in [0.1, 0.15) is 72.4 Å². The Kier molecular flexibility index (Phi) is 5.56. The second-order valence-corrected chi connectivity index (χ2v) is 9.32. The Morgan fingerprint density at radius 1 is 1.03 bits per heavy atom. The van der Waals surface area contributed by atoms with E-state index < -0.39 is 0 Å². The molecule has 0 unspecified atom stereocenters. The summed E-state index contributed by atoms with van der Waals surface area (Å²) in [5.41, 5.74) is 11.4. The highest BCUT2D eigenvalue weighted by Gasteiger charge is 2.30. The zero-order valence-corrected chi connectivity index (χ0v) is 18.8. The summed E-state index contributed by atoms with van der Waals surface area (Å²) in [6, 6.07) is 14.9. The van der Waals surface area contributed by atoms with Crippen LogP contribution in [0.3, 0.4) is 0 Å². The average Bonchev–Trinajstić information content (AvgIpc) is 3.51. The molecule has 1 aliphatic carbocycles. The van der Waals surface area contributed by atoms with Crippen molar-refractivity contribution in [2.75, 3.05) is 13.1 Å². The molecule has 0 amide bonds. The number of benzene rings is 2. The Morgan fingerprint density at radius 3 is 2.27 bits per heavy atom. The second kappa shape index (κ2) is 8.15. The standard InChI is InChI=1S/C28H32N2/c1-18(13-23-6-7-23)21(4)27-14-28(20(3)12-19(27)2)22(5)30-16-26(17-30)25-10-8-24(15-29)9-11-25/h8-12,14,23,26H,5-7,13,16-17H2,1-4H3/b21-18+. The van der Waals surface area contributed by atoms with Crippen LogP contribution < -0.4 is 0 Å². The average molecular weight is 397 g/mol. The minimum absolute atomic E-state index is 0.516. The third-order valence-corrected chi connectivity index (χ3v) is 6.99. The molecular formula is C28H32N2. The largest absolute Gasteiger partial charge is 0.370 e. The first-order valence-corrected chi connectivity index (χ1v) is 11.1. The predicted octanol–water partition coefficient (Wildman–Crippen LogP) is 6.84. The summed E-state index contributed by atoms with van der Waals surface area (Å²) in [5, 5.41) is 8.99. The van der Waals surface area contributed by atoms with Gasteiger partial charge in [0.25, 0.3) is 0 Å². The molecule has 1 heterocycles. The maximum absolute atomic E-state index is 8.99. The fourth-order valence-corrected chi connectivity index (χ4v) is 4.62. The van der Waals surface area contributed by atoms with E-state index in [1.54, 1.807) is 0 Å². The summed E-state index contributed by atoms with van der Waals surface area (Å²) in [4.78, 5) is 2.39. The van der Waals surface area contributed by atoms with Crippen LogP contribution in [-0.4, -0.2) is 18.0 Å². The Bertz CT molecular complexity index is 1040. The van der Waals surface area contributed by atoms with E-state index in [1.165, 1.54) is 58.2 Å². The van der Waals surface area contributed by atoms with Gasteiger partial charge in [-0.05, 0) is 98.9 Å². The molecule has 2 heteroatoms. The number of rotatable bonds is 6. The van der Waals surface area contributed by atoms with Crippen LogP contribution in [-0.2, 0) is 0 Å². The van der Waals surface area contributed by atoms with E-state index in [-0.39, 0.29) is 0 Å². The highest BCUT2D eigenvalue weighted by atomic mass is 15.2. The lowest BCUT2D eigenvalue weighted by Crippen LogP contribution is -2.43. The van der Waals surface area contributed by atoms with Crippen molar-refractivity contribution in [3.05, 3.63) is 81.9 Å². The van der Waals surface area contributed by atoms with Gasteiger partial charge in [0.1, 0.15) is 0 Å². The van der Waals surface area contributed by atoms with Gasteiger partial charge in [0.2, 0.25) is 0 Å². The number of aryl methyl sites for hydroxylation is 2. The summed E-state index contributed by atoms with van der Waals surface area (Å²) in [6.45, 7) is 15.5. The molecule has 0 radical (unpaired) electrons. The normalized spacial score (nSPS) is 17.2. The van der Waals surface area contributed by atoms with Crippen molar-refractivity contribution in [2.45, 2.75) is 52.9 Å². The smallest absolute Gasteiger partial charge is 0.0991 e. The molecule has 2 aliphatic rings. The van der Waals surface area contributed by atoms with Crippen molar-refractivity contribution < 1.29 is 0 Å². The lowest BCUT2D eigenvalue weighted by atomic mass is 9.87. The van der Waals surface area contributed by atoms with E-state index in [1.807, 2.05) is 12.1 Å². The molecule has 4 rings (SSSR count). The van der Waals surface area contributed by atoms with Crippen LogP contribution in [0.2, 0.25) is 0 Å². The number of hydrogen-bond donors (Lipinski definition) is 0.